The van der Waals surface area contributed by atoms with Crippen LogP contribution in [0.1, 0.15) is 50.7 Å². The summed E-state index contributed by atoms with van der Waals surface area (Å²) in [7, 11) is 1.65. The zero-order chi connectivity index (χ0) is 32.4. The van der Waals surface area contributed by atoms with Crippen LogP contribution in [0.4, 0.5) is 17.1 Å². The summed E-state index contributed by atoms with van der Waals surface area (Å²) in [4.78, 5) is 12.0. The molecule has 4 N–H and O–H groups in total. The van der Waals surface area contributed by atoms with Crippen molar-refractivity contribution >= 4 is 34.8 Å². The quantitative estimate of drug-likeness (QED) is 0.0931. The molecule has 0 saturated carbocycles. The number of hydrogen-bond donors (Lipinski definition) is 3. The standard InChI is InChI=1S/C39H44N4O3/c1-39(2)35-28-31(42-30-12-6-4-7-13-30)17-22-36(35)43(26-9-5-8-15-38(44)41-25-24-40)37(39)23-16-29-11-10-14-34(27-29)46-33-20-18-32(45-3)19-21-33/h4,6-7,10-14,16-23,27-28,42H,5,8-9,15,24-26,40H2,1-3H3/p+1/b23-16+. The second kappa shape index (κ2) is 15.4. The minimum absolute atomic E-state index is 0.0740. The van der Waals surface area contributed by atoms with Gasteiger partial charge in [0.25, 0.3) is 0 Å². The molecule has 0 aliphatic carbocycles. The van der Waals surface area contributed by atoms with Crippen LogP contribution in [-0.2, 0) is 10.2 Å². The van der Waals surface area contributed by atoms with E-state index in [4.69, 9.17) is 15.2 Å². The molecule has 1 amide bonds. The summed E-state index contributed by atoms with van der Waals surface area (Å²) in [6.45, 7) is 6.45. The summed E-state index contributed by atoms with van der Waals surface area (Å²) in [5.74, 6) is 2.40. The molecule has 4 aromatic carbocycles. The number of carbonyl (C=O) groups excluding carboxylic acids is 1. The van der Waals surface area contributed by atoms with E-state index in [0.29, 0.717) is 19.5 Å². The number of methoxy groups -OCH3 is 1. The maximum absolute atomic E-state index is 12.0. The first-order valence-electron chi connectivity index (χ1n) is 16.1. The summed E-state index contributed by atoms with van der Waals surface area (Å²) in [5, 5.41) is 6.43. The Balaban J connectivity index is 1.37. The van der Waals surface area contributed by atoms with Crippen LogP contribution in [0.25, 0.3) is 6.08 Å². The predicted octanol–water partition coefficient (Wildman–Crippen LogP) is 7.96. The van der Waals surface area contributed by atoms with E-state index in [1.807, 2.05) is 54.6 Å². The predicted molar refractivity (Wildman–Crippen MR) is 188 cm³/mol. The molecule has 46 heavy (non-hydrogen) atoms. The molecule has 0 fully saturated rings. The van der Waals surface area contributed by atoms with Gasteiger partial charge in [-0.2, -0.15) is 4.58 Å². The molecule has 1 aliphatic rings. The molecule has 0 bridgehead atoms. The number of benzene rings is 4. The minimum atomic E-state index is -0.223. The fraction of sp³-hybridized carbons (Fsp3) is 0.282. The zero-order valence-electron chi connectivity index (χ0n) is 27.1. The fourth-order valence-corrected chi connectivity index (χ4v) is 5.85. The maximum atomic E-state index is 12.0. The van der Waals surface area contributed by atoms with Gasteiger partial charge in [0.2, 0.25) is 11.6 Å². The molecule has 0 spiro atoms. The number of ether oxygens (including phenoxy) is 2. The number of carbonyl (C=O) groups is 1. The van der Waals surface area contributed by atoms with Crippen LogP contribution in [-0.4, -0.2) is 42.9 Å². The van der Waals surface area contributed by atoms with Crippen LogP contribution >= 0.6 is 0 Å². The van der Waals surface area contributed by atoms with Crippen molar-refractivity contribution in [3.05, 3.63) is 114 Å². The van der Waals surface area contributed by atoms with Gasteiger partial charge in [0, 0.05) is 55.0 Å². The Labute approximate surface area is 272 Å². The Morgan fingerprint density at radius 2 is 1.61 bits per heavy atom. The first kappa shape index (κ1) is 32.5. The average Bonchev–Trinajstić information content (AvgIpc) is 3.28. The van der Waals surface area contributed by atoms with Gasteiger partial charge in [0.05, 0.1) is 12.5 Å². The Morgan fingerprint density at radius 3 is 2.37 bits per heavy atom. The third-order valence-electron chi connectivity index (χ3n) is 8.29. The number of unbranched alkanes of at least 4 members (excludes halogenated alkanes) is 2. The summed E-state index contributed by atoms with van der Waals surface area (Å²) in [6, 6.07) is 32.6. The Bertz CT molecular complexity index is 1680. The van der Waals surface area contributed by atoms with Gasteiger partial charge >= 0.3 is 0 Å². The van der Waals surface area contributed by atoms with Crippen molar-refractivity contribution in [1.82, 2.24) is 5.32 Å². The van der Waals surface area contributed by atoms with Gasteiger partial charge < -0.3 is 25.8 Å². The van der Waals surface area contributed by atoms with Crippen LogP contribution in [0, 0.1) is 0 Å². The molecule has 0 atom stereocenters. The highest BCUT2D eigenvalue weighted by molar-refractivity contribution is 6.05. The van der Waals surface area contributed by atoms with E-state index >= 15 is 0 Å². The van der Waals surface area contributed by atoms with Crippen molar-refractivity contribution < 1.29 is 18.8 Å². The SMILES string of the molecule is COc1ccc(Oc2cccc(/C=C/C3=[N+](CCCCCC(=O)NCCN)c4ccc(Nc5ccccc5)cc4C3(C)C)c2)cc1. The summed E-state index contributed by atoms with van der Waals surface area (Å²) >= 11 is 0. The van der Waals surface area contributed by atoms with E-state index in [1.165, 1.54) is 17.0 Å². The number of nitrogens with two attached hydrogens (primary N) is 1. The number of para-hydroxylation sites is 1. The van der Waals surface area contributed by atoms with Crippen molar-refractivity contribution in [3.63, 3.8) is 0 Å². The van der Waals surface area contributed by atoms with Gasteiger partial charge in [0.15, 0.2) is 5.71 Å². The smallest absolute Gasteiger partial charge is 0.220 e. The Hall–Kier alpha value is -4.88. The van der Waals surface area contributed by atoms with E-state index in [-0.39, 0.29) is 11.3 Å². The topological polar surface area (TPSA) is 88.6 Å². The number of fused-ring (bicyclic) bond motifs is 1. The van der Waals surface area contributed by atoms with Gasteiger partial charge in [0.1, 0.15) is 23.8 Å². The van der Waals surface area contributed by atoms with Gasteiger partial charge in [-0.25, -0.2) is 0 Å². The number of amides is 1. The highest BCUT2D eigenvalue weighted by Crippen LogP contribution is 2.42. The number of allylic oxidation sites excluding steroid dienone is 1. The third-order valence-corrected chi connectivity index (χ3v) is 8.29. The molecule has 4 aromatic rings. The Kier molecular flexibility index (Phi) is 10.9. The molecular formula is C39H45N4O3+. The summed E-state index contributed by atoms with van der Waals surface area (Å²) < 4.78 is 13.8. The monoisotopic (exact) mass is 617 g/mol. The van der Waals surface area contributed by atoms with Crippen molar-refractivity contribution in [2.45, 2.75) is 44.9 Å². The van der Waals surface area contributed by atoms with E-state index in [0.717, 1.165) is 60.0 Å². The molecule has 0 unspecified atom stereocenters. The van der Waals surface area contributed by atoms with Crippen LogP contribution in [0.3, 0.4) is 0 Å². The van der Waals surface area contributed by atoms with Crippen LogP contribution in [0.5, 0.6) is 17.2 Å². The lowest BCUT2D eigenvalue weighted by Crippen LogP contribution is -2.28. The molecule has 5 rings (SSSR count). The molecule has 0 aromatic heterocycles. The highest BCUT2D eigenvalue weighted by atomic mass is 16.5. The largest absolute Gasteiger partial charge is 0.497 e. The lowest BCUT2D eigenvalue weighted by Gasteiger charge is -2.17. The normalized spacial score (nSPS) is 13.5. The second-order valence-corrected chi connectivity index (χ2v) is 12.0. The van der Waals surface area contributed by atoms with E-state index in [1.54, 1.807) is 7.11 Å². The first-order chi connectivity index (χ1) is 22.4. The zero-order valence-corrected chi connectivity index (χ0v) is 27.1. The van der Waals surface area contributed by atoms with E-state index in [2.05, 4.69) is 83.7 Å². The number of nitrogens with one attached hydrogen (secondary N) is 2. The van der Waals surface area contributed by atoms with Gasteiger partial charge in [-0.05, 0) is 99.0 Å². The van der Waals surface area contributed by atoms with Gasteiger partial charge in [-0.15, -0.1) is 0 Å². The average molecular weight is 618 g/mol. The van der Waals surface area contributed by atoms with E-state index < -0.39 is 0 Å². The number of anilines is 2. The highest BCUT2D eigenvalue weighted by Gasteiger charge is 2.44. The molecule has 238 valence electrons. The van der Waals surface area contributed by atoms with Crippen molar-refractivity contribution in [2.75, 3.05) is 32.1 Å². The summed E-state index contributed by atoms with van der Waals surface area (Å²) in [6.07, 6.45) is 7.75. The minimum Gasteiger partial charge on any atom is -0.497 e. The molecule has 7 nitrogen and oxygen atoms in total. The third kappa shape index (κ3) is 8.23. The molecule has 0 saturated heterocycles. The lowest BCUT2D eigenvalue weighted by atomic mass is 9.81. The summed E-state index contributed by atoms with van der Waals surface area (Å²) in [5.41, 5.74) is 12.2. The first-order valence-corrected chi connectivity index (χ1v) is 16.1. The second-order valence-electron chi connectivity index (χ2n) is 12.0. The maximum Gasteiger partial charge on any atom is 0.220 e. The van der Waals surface area contributed by atoms with Crippen LogP contribution < -0.4 is 25.8 Å². The number of nitrogens with zero attached hydrogens (tertiary/aromatic N) is 1. The fourth-order valence-electron chi connectivity index (χ4n) is 5.85. The molecular weight excluding hydrogens is 572 g/mol. The van der Waals surface area contributed by atoms with Crippen molar-refractivity contribution in [3.8, 4) is 17.2 Å². The van der Waals surface area contributed by atoms with Crippen molar-refractivity contribution in [2.24, 2.45) is 5.73 Å². The molecule has 7 heteroatoms. The lowest BCUT2D eigenvalue weighted by molar-refractivity contribution is -0.438. The van der Waals surface area contributed by atoms with Gasteiger partial charge in [-0.3, -0.25) is 4.79 Å². The van der Waals surface area contributed by atoms with E-state index in [9.17, 15) is 4.79 Å². The van der Waals surface area contributed by atoms with Crippen LogP contribution in [0.15, 0.2) is 103 Å². The Morgan fingerprint density at radius 1 is 0.826 bits per heavy atom. The van der Waals surface area contributed by atoms with Crippen LogP contribution in [0.2, 0.25) is 0 Å². The molecule has 1 aliphatic heterocycles. The molecule has 1 heterocycles. The molecule has 0 radical (unpaired) electrons. The number of rotatable bonds is 15. The van der Waals surface area contributed by atoms with Gasteiger partial charge in [-0.1, -0.05) is 30.3 Å². The number of hydrogen-bond acceptors (Lipinski definition) is 5. The van der Waals surface area contributed by atoms with Crippen molar-refractivity contribution in [1.29, 1.82) is 0 Å².